The number of methoxy groups -OCH3 is 2. The summed E-state index contributed by atoms with van der Waals surface area (Å²) in [5.74, 6) is 0.669. The molecule has 4 atom stereocenters. The highest BCUT2D eigenvalue weighted by molar-refractivity contribution is 6.31. The lowest BCUT2D eigenvalue weighted by Crippen LogP contribution is -2.48. The number of hydrogen-bond acceptors (Lipinski definition) is 9. The van der Waals surface area contributed by atoms with Crippen LogP contribution in [0, 0.1) is 0 Å². The van der Waals surface area contributed by atoms with Crippen molar-refractivity contribution in [3.63, 3.8) is 0 Å². The summed E-state index contributed by atoms with van der Waals surface area (Å²) in [6.45, 7) is 1.59. The first-order chi connectivity index (χ1) is 29.2. The average molecular weight is 837 g/mol. The number of carbonyl (C=O) groups is 4. The van der Waals surface area contributed by atoms with E-state index in [1.807, 2.05) is 48.5 Å². The normalized spacial score (nSPS) is 19.3. The molecule has 4 heterocycles. The monoisotopic (exact) mass is 836 g/mol. The van der Waals surface area contributed by atoms with Gasteiger partial charge in [0, 0.05) is 30.3 Å². The molecule has 0 saturated carbocycles. The summed E-state index contributed by atoms with van der Waals surface area (Å²) in [6, 6.07) is 20.7. The van der Waals surface area contributed by atoms with Crippen LogP contribution >= 0.6 is 11.6 Å². The SMILES string of the molecule is COC(=O)N[C@H]1CCCCCOCC[C@@H](c2ncc(-c3ccc(-c4ccc(-c5cnc([C@@H]6CCCN6C(=O)[C@H](NC(=O)OC)c6ccccc6Cl)[nH]5)cc4)cc3)[nH]2)NC1=O. The number of H-pyrrole nitrogens is 2. The summed E-state index contributed by atoms with van der Waals surface area (Å²) >= 11 is 6.46. The highest BCUT2D eigenvalue weighted by Gasteiger charge is 2.38. The van der Waals surface area contributed by atoms with Gasteiger partial charge in [-0.25, -0.2) is 19.6 Å². The maximum atomic E-state index is 14.0. The maximum Gasteiger partial charge on any atom is 0.407 e. The molecule has 3 aromatic carbocycles. The van der Waals surface area contributed by atoms with Gasteiger partial charge in [-0.2, -0.15) is 0 Å². The molecule has 16 heteroatoms. The molecule has 4 amide bonds. The Morgan fingerprint density at radius 1 is 0.767 bits per heavy atom. The van der Waals surface area contributed by atoms with Crippen LogP contribution < -0.4 is 16.0 Å². The van der Waals surface area contributed by atoms with Gasteiger partial charge in [-0.1, -0.05) is 91.2 Å². The van der Waals surface area contributed by atoms with Gasteiger partial charge in [0.15, 0.2) is 0 Å². The molecule has 0 radical (unpaired) electrons. The summed E-state index contributed by atoms with van der Waals surface area (Å²) in [5.41, 5.74) is 6.02. The number of imidazole rings is 2. The van der Waals surface area contributed by atoms with Crippen molar-refractivity contribution in [1.29, 1.82) is 0 Å². The van der Waals surface area contributed by atoms with Crippen molar-refractivity contribution < 1.29 is 33.4 Å². The number of nitrogens with one attached hydrogen (secondary N) is 5. The molecule has 2 aliphatic heterocycles. The fraction of sp³-hybridized carbons (Fsp3) is 0.364. The number of nitrogens with zero attached hydrogens (tertiary/aromatic N) is 3. The largest absolute Gasteiger partial charge is 0.453 e. The van der Waals surface area contributed by atoms with Gasteiger partial charge < -0.3 is 45.0 Å². The van der Waals surface area contributed by atoms with Gasteiger partial charge in [-0.15, -0.1) is 0 Å². The summed E-state index contributed by atoms with van der Waals surface area (Å²) in [5, 5.41) is 8.76. The van der Waals surface area contributed by atoms with Crippen LogP contribution in [0.15, 0.2) is 85.2 Å². The van der Waals surface area contributed by atoms with Crippen molar-refractivity contribution in [2.75, 3.05) is 34.0 Å². The standard InChI is InChI=1S/C44H49ClN8O7/c1-58-43(56)51-34-11-4-3-7-23-60-24-21-33(50-41(34)54)39-46-25-35(48-39)29-17-13-27(14-18-29)28-15-19-30(20-16-28)36-26-47-40(49-36)37-12-8-22-53(37)42(55)38(52-44(57)59-2)31-9-5-6-10-32(31)45/h5-6,9-10,13-20,25-26,33-34,37-38H,3-4,7-8,11-12,21-24H2,1-2H3,(H,46,48)(H,47,49)(H,50,54)(H,51,56)(H,52,57)/t33-,34-,37-,38+/m0/s1. The summed E-state index contributed by atoms with van der Waals surface area (Å²) in [4.78, 5) is 69.4. The van der Waals surface area contributed by atoms with E-state index in [0.29, 0.717) is 61.3 Å². The summed E-state index contributed by atoms with van der Waals surface area (Å²) in [6.07, 6.45) is 7.19. The number of aromatic amines is 2. The van der Waals surface area contributed by atoms with Crippen LogP contribution in [-0.2, 0) is 23.8 Å². The maximum absolute atomic E-state index is 14.0. The smallest absolute Gasteiger partial charge is 0.407 e. The fourth-order valence-corrected chi connectivity index (χ4v) is 7.93. The summed E-state index contributed by atoms with van der Waals surface area (Å²) in [7, 11) is 2.53. The van der Waals surface area contributed by atoms with Crippen molar-refractivity contribution in [1.82, 2.24) is 40.8 Å². The third-order valence-corrected chi connectivity index (χ3v) is 11.3. The first-order valence-electron chi connectivity index (χ1n) is 20.2. The van der Waals surface area contributed by atoms with Gasteiger partial charge in [-0.05, 0) is 60.4 Å². The predicted octanol–water partition coefficient (Wildman–Crippen LogP) is 7.41. The van der Waals surface area contributed by atoms with E-state index >= 15 is 0 Å². The van der Waals surface area contributed by atoms with E-state index in [2.05, 4.69) is 35.9 Å². The number of amides is 4. The number of halogens is 1. The van der Waals surface area contributed by atoms with Crippen LogP contribution in [0.1, 0.15) is 80.3 Å². The molecule has 2 aromatic heterocycles. The molecule has 5 N–H and O–H groups in total. The van der Waals surface area contributed by atoms with Gasteiger partial charge >= 0.3 is 12.2 Å². The minimum atomic E-state index is -1.02. The molecule has 0 unspecified atom stereocenters. The van der Waals surface area contributed by atoms with E-state index in [0.717, 1.165) is 59.3 Å². The molecule has 5 aromatic rings. The second-order valence-corrected chi connectivity index (χ2v) is 15.2. The minimum absolute atomic E-state index is 0.295. The number of carbonyl (C=O) groups excluding carboxylic acids is 4. The molecule has 15 nitrogen and oxygen atoms in total. The number of ether oxygens (including phenoxy) is 3. The predicted molar refractivity (Wildman–Crippen MR) is 225 cm³/mol. The van der Waals surface area contributed by atoms with Gasteiger partial charge in [0.25, 0.3) is 5.91 Å². The Labute approximate surface area is 353 Å². The lowest BCUT2D eigenvalue weighted by Gasteiger charge is -2.28. The van der Waals surface area contributed by atoms with Crippen molar-refractivity contribution in [3.8, 4) is 33.6 Å². The molecule has 0 bridgehead atoms. The molecule has 2 aliphatic rings. The molecular weight excluding hydrogens is 788 g/mol. The number of rotatable bonds is 9. The third-order valence-electron chi connectivity index (χ3n) is 11.0. The van der Waals surface area contributed by atoms with Crippen molar-refractivity contribution in [2.45, 2.75) is 69.1 Å². The van der Waals surface area contributed by atoms with Gasteiger partial charge in [0.05, 0.1) is 50.1 Å². The van der Waals surface area contributed by atoms with E-state index in [1.165, 1.54) is 14.2 Å². The van der Waals surface area contributed by atoms with Crippen LogP contribution in [-0.4, -0.2) is 88.9 Å². The number of benzene rings is 3. The van der Waals surface area contributed by atoms with Gasteiger partial charge in [0.1, 0.15) is 23.7 Å². The number of alkyl carbamates (subject to hydrolysis) is 2. The molecule has 0 aliphatic carbocycles. The van der Waals surface area contributed by atoms with E-state index in [9.17, 15) is 19.2 Å². The zero-order valence-electron chi connectivity index (χ0n) is 33.5. The van der Waals surface area contributed by atoms with Gasteiger partial charge in [-0.3, -0.25) is 9.59 Å². The second kappa shape index (κ2) is 19.7. The Hall–Kier alpha value is -6.19. The average Bonchev–Trinajstić information content (AvgIpc) is 4.07. The van der Waals surface area contributed by atoms with E-state index in [1.54, 1.807) is 41.6 Å². The zero-order chi connectivity index (χ0) is 42.0. The summed E-state index contributed by atoms with van der Waals surface area (Å²) < 4.78 is 15.4. The highest BCUT2D eigenvalue weighted by atomic mass is 35.5. The van der Waals surface area contributed by atoms with Crippen LogP contribution in [0.4, 0.5) is 9.59 Å². The Morgan fingerprint density at radius 2 is 1.40 bits per heavy atom. The third kappa shape index (κ3) is 9.97. The van der Waals surface area contributed by atoms with E-state index < -0.39 is 30.3 Å². The van der Waals surface area contributed by atoms with Crippen LogP contribution in [0.25, 0.3) is 33.6 Å². The minimum Gasteiger partial charge on any atom is -0.453 e. The Balaban J connectivity index is 1.01. The van der Waals surface area contributed by atoms with Crippen molar-refractivity contribution in [2.24, 2.45) is 0 Å². The molecule has 60 heavy (non-hydrogen) atoms. The first-order valence-corrected chi connectivity index (χ1v) is 20.5. The lowest BCUT2D eigenvalue weighted by atomic mass is 10.0. The Morgan fingerprint density at radius 3 is 2.07 bits per heavy atom. The van der Waals surface area contributed by atoms with E-state index in [4.69, 9.17) is 25.8 Å². The number of likely N-dealkylation sites (tertiary alicyclic amines) is 1. The Bertz CT molecular complexity index is 2260. The first kappa shape index (κ1) is 42.0. The molecular formula is C44H49ClN8O7. The van der Waals surface area contributed by atoms with Crippen molar-refractivity contribution in [3.05, 3.63) is 107 Å². The lowest BCUT2D eigenvalue weighted by molar-refractivity contribution is -0.134. The molecule has 2 saturated heterocycles. The van der Waals surface area contributed by atoms with Crippen LogP contribution in [0.2, 0.25) is 5.02 Å². The van der Waals surface area contributed by atoms with E-state index in [-0.39, 0.29) is 17.9 Å². The van der Waals surface area contributed by atoms with Crippen LogP contribution in [0.5, 0.6) is 0 Å². The molecule has 0 spiro atoms. The fourth-order valence-electron chi connectivity index (χ4n) is 7.69. The number of aromatic nitrogens is 4. The van der Waals surface area contributed by atoms with Crippen molar-refractivity contribution >= 4 is 35.6 Å². The van der Waals surface area contributed by atoms with Gasteiger partial charge in [0.2, 0.25) is 5.91 Å². The number of hydrogen-bond donors (Lipinski definition) is 5. The molecule has 314 valence electrons. The quantitative estimate of drug-likeness (QED) is 0.101. The molecule has 7 rings (SSSR count). The zero-order valence-corrected chi connectivity index (χ0v) is 34.3. The highest BCUT2D eigenvalue weighted by Crippen LogP contribution is 2.36. The van der Waals surface area contributed by atoms with Crippen LogP contribution in [0.3, 0.4) is 0 Å². The topological polar surface area (TPSA) is 193 Å². The Kier molecular flexibility index (Phi) is 13.8. The second-order valence-electron chi connectivity index (χ2n) is 14.8. The molecule has 2 fully saturated rings.